The van der Waals surface area contributed by atoms with Crippen molar-refractivity contribution < 1.29 is 14.0 Å². The van der Waals surface area contributed by atoms with Crippen LogP contribution in [-0.2, 0) is 16.0 Å². The maximum absolute atomic E-state index is 5.58. The van der Waals surface area contributed by atoms with Gasteiger partial charge in [0.1, 0.15) is 16.0 Å². The van der Waals surface area contributed by atoms with Crippen molar-refractivity contribution in [3.8, 4) is 10.8 Å². The van der Waals surface area contributed by atoms with Gasteiger partial charge in [0, 0.05) is 6.54 Å². The fraction of sp³-hybridized carbons (Fsp3) is 0.545. The SMILES string of the molecule is Cc1nc(CN)sc1-c1nc(C2COCCO2)no1. The summed E-state index contributed by atoms with van der Waals surface area (Å²) in [5.74, 6) is 0.968. The molecule has 1 unspecified atom stereocenters. The minimum Gasteiger partial charge on any atom is -0.376 e. The molecule has 1 aliphatic heterocycles. The Balaban J connectivity index is 1.85. The molecule has 0 aliphatic carbocycles. The molecule has 2 N–H and O–H groups in total. The molecule has 8 heteroatoms. The number of nitrogens with two attached hydrogens (primary N) is 1. The topological polar surface area (TPSA) is 96.3 Å². The zero-order chi connectivity index (χ0) is 13.2. The van der Waals surface area contributed by atoms with E-state index in [-0.39, 0.29) is 6.10 Å². The Kier molecular flexibility index (Phi) is 3.56. The Morgan fingerprint density at radius 3 is 2.95 bits per heavy atom. The Labute approximate surface area is 113 Å². The van der Waals surface area contributed by atoms with Crippen molar-refractivity contribution in [2.45, 2.75) is 19.6 Å². The summed E-state index contributed by atoms with van der Waals surface area (Å²) in [6.07, 6.45) is -0.256. The smallest absolute Gasteiger partial charge is 0.270 e. The third-order valence-corrected chi connectivity index (χ3v) is 3.92. The first-order valence-electron chi connectivity index (χ1n) is 5.97. The third-order valence-electron chi connectivity index (χ3n) is 2.76. The summed E-state index contributed by atoms with van der Waals surface area (Å²) in [5.41, 5.74) is 6.43. The average Bonchev–Trinajstić information content (AvgIpc) is 3.06. The first-order valence-corrected chi connectivity index (χ1v) is 6.79. The molecule has 2 aromatic heterocycles. The maximum Gasteiger partial charge on any atom is 0.270 e. The van der Waals surface area contributed by atoms with Crippen LogP contribution in [0.2, 0.25) is 0 Å². The molecule has 1 saturated heterocycles. The van der Waals surface area contributed by atoms with Gasteiger partial charge in [-0.05, 0) is 6.92 Å². The minimum absolute atomic E-state index is 0.256. The number of aromatic nitrogens is 3. The van der Waals surface area contributed by atoms with Crippen molar-refractivity contribution in [3.63, 3.8) is 0 Å². The van der Waals surface area contributed by atoms with Gasteiger partial charge in [0.2, 0.25) is 5.82 Å². The lowest BCUT2D eigenvalue weighted by molar-refractivity contribution is -0.0941. The first kappa shape index (κ1) is 12.7. The molecule has 0 amide bonds. The molecule has 0 spiro atoms. The standard InChI is InChI=1S/C11H14N4O3S/c1-6-9(19-8(4-12)13-6)11-14-10(15-18-11)7-5-16-2-3-17-7/h7H,2-5,12H2,1H3. The molecule has 3 rings (SSSR count). The number of hydrogen-bond acceptors (Lipinski definition) is 8. The maximum atomic E-state index is 5.58. The quantitative estimate of drug-likeness (QED) is 0.898. The highest BCUT2D eigenvalue weighted by atomic mass is 32.1. The molecule has 0 saturated carbocycles. The molecule has 102 valence electrons. The second-order valence-corrected chi connectivity index (χ2v) is 5.20. The number of hydrogen-bond donors (Lipinski definition) is 1. The predicted octanol–water partition coefficient (Wildman–Crippen LogP) is 1.05. The molecule has 1 atom stereocenters. The van der Waals surface area contributed by atoms with Crippen LogP contribution >= 0.6 is 11.3 Å². The Bertz CT molecular complexity index is 562. The van der Waals surface area contributed by atoms with Crippen LogP contribution in [0.5, 0.6) is 0 Å². The van der Waals surface area contributed by atoms with E-state index in [1.54, 1.807) is 0 Å². The zero-order valence-corrected chi connectivity index (χ0v) is 11.3. The highest BCUT2D eigenvalue weighted by Crippen LogP contribution is 2.30. The third kappa shape index (κ3) is 2.52. The molecule has 19 heavy (non-hydrogen) atoms. The summed E-state index contributed by atoms with van der Waals surface area (Å²) in [4.78, 5) is 9.55. The van der Waals surface area contributed by atoms with Crippen LogP contribution in [0.3, 0.4) is 0 Å². The first-order chi connectivity index (χ1) is 9.28. The Hall–Kier alpha value is -1.35. The van der Waals surface area contributed by atoms with E-state index in [0.717, 1.165) is 15.6 Å². The summed E-state index contributed by atoms with van der Waals surface area (Å²) in [7, 11) is 0. The number of rotatable bonds is 3. The highest BCUT2D eigenvalue weighted by Gasteiger charge is 2.24. The van der Waals surface area contributed by atoms with Gasteiger partial charge in [-0.25, -0.2) is 4.98 Å². The van der Waals surface area contributed by atoms with E-state index < -0.39 is 0 Å². The van der Waals surface area contributed by atoms with E-state index in [2.05, 4.69) is 15.1 Å². The van der Waals surface area contributed by atoms with Crippen LogP contribution in [0.4, 0.5) is 0 Å². The average molecular weight is 282 g/mol. The van der Waals surface area contributed by atoms with Crippen LogP contribution in [0.15, 0.2) is 4.52 Å². The number of nitrogens with zero attached hydrogens (tertiary/aromatic N) is 3. The van der Waals surface area contributed by atoms with E-state index in [1.807, 2.05) is 6.92 Å². The fourth-order valence-electron chi connectivity index (χ4n) is 1.83. The predicted molar refractivity (Wildman–Crippen MR) is 67.5 cm³/mol. The van der Waals surface area contributed by atoms with Gasteiger partial charge in [-0.2, -0.15) is 4.98 Å². The fourth-order valence-corrected chi connectivity index (χ4v) is 2.70. The van der Waals surface area contributed by atoms with Crippen LogP contribution in [-0.4, -0.2) is 34.9 Å². The highest BCUT2D eigenvalue weighted by molar-refractivity contribution is 7.15. The van der Waals surface area contributed by atoms with Crippen molar-refractivity contribution in [3.05, 3.63) is 16.5 Å². The molecule has 0 radical (unpaired) electrons. The van der Waals surface area contributed by atoms with Gasteiger partial charge < -0.3 is 19.7 Å². The van der Waals surface area contributed by atoms with E-state index in [4.69, 9.17) is 19.7 Å². The molecular weight excluding hydrogens is 268 g/mol. The Morgan fingerprint density at radius 2 is 2.26 bits per heavy atom. The van der Waals surface area contributed by atoms with E-state index in [9.17, 15) is 0 Å². The molecule has 3 heterocycles. The summed E-state index contributed by atoms with van der Waals surface area (Å²) >= 11 is 1.47. The molecule has 0 bridgehead atoms. The molecule has 1 aliphatic rings. The molecule has 1 fully saturated rings. The number of aryl methyl sites for hydroxylation is 1. The van der Waals surface area contributed by atoms with Crippen LogP contribution < -0.4 is 5.73 Å². The second-order valence-electron chi connectivity index (χ2n) is 4.12. The van der Waals surface area contributed by atoms with E-state index in [0.29, 0.717) is 38.1 Å². The van der Waals surface area contributed by atoms with Gasteiger partial charge in [0.15, 0.2) is 0 Å². The van der Waals surface area contributed by atoms with Crippen molar-refractivity contribution in [1.82, 2.24) is 15.1 Å². The molecule has 7 nitrogen and oxygen atoms in total. The zero-order valence-electron chi connectivity index (χ0n) is 10.5. The summed E-state index contributed by atoms with van der Waals surface area (Å²) in [6, 6.07) is 0. The van der Waals surface area contributed by atoms with E-state index >= 15 is 0 Å². The minimum atomic E-state index is -0.256. The van der Waals surface area contributed by atoms with Gasteiger partial charge in [-0.1, -0.05) is 5.16 Å². The number of ether oxygens (including phenoxy) is 2. The van der Waals surface area contributed by atoms with Crippen molar-refractivity contribution in [2.75, 3.05) is 19.8 Å². The molecule has 2 aromatic rings. The van der Waals surface area contributed by atoms with Gasteiger partial charge in [-0.3, -0.25) is 0 Å². The monoisotopic (exact) mass is 282 g/mol. The summed E-state index contributed by atoms with van der Waals surface area (Å²) in [6.45, 7) is 3.91. The van der Waals surface area contributed by atoms with Crippen molar-refractivity contribution >= 4 is 11.3 Å². The van der Waals surface area contributed by atoms with Gasteiger partial charge in [-0.15, -0.1) is 11.3 Å². The van der Waals surface area contributed by atoms with Crippen LogP contribution in [0.1, 0.15) is 22.6 Å². The van der Waals surface area contributed by atoms with E-state index in [1.165, 1.54) is 11.3 Å². The normalized spacial score (nSPS) is 19.8. The lowest BCUT2D eigenvalue weighted by Gasteiger charge is -2.19. The van der Waals surface area contributed by atoms with Crippen molar-refractivity contribution in [1.29, 1.82) is 0 Å². The van der Waals surface area contributed by atoms with Crippen LogP contribution in [0, 0.1) is 6.92 Å². The lowest BCUT2D eigenvalue weighted by Crippen LogP contribution is -2.22. The van der Waals surface area contributed by atoms with Gasteiger partial charge in [0.05, 0.1) is 25.5 Å². The molecule has 0 aromatic carbocycles. The summed E-state index contributed by atoms with van der Waals surface area (Å²) in [5, 5.41) is 4.80. The summed E-state index contributed by atoms with van der Waals surface area (Å²) < 4.78 is 16.1. The Morgan fingerprint density at radius 1 is 1.37 bits per heavy atom. The lowest BCUT2D eigenvalue weighted by atomic mass is 10.3. The molecular formula is C11H14N4O3S. The number of thiazole rings is 1. The van der Waals surface area contributed by atoms with Crippen LogP contribution in [0.25, 0.3) is 10.8 Å². The largest absolute Gasteiger partial charge is 0.376 e. The van der Waals surface area contributed by atoms with Crippen molar-refractivity contribution in [2.24, 2.45) is 5.73 Å². The second kappa shape index (κ2) is 5.33. The van der Waals surface area contributed by atoms with Gasteiger partial charge in [0.25, 0.3) is 5.89 Å². The van der Waals surface area contributed by atoms with Gasteiger partial charge >= 0.3 is 0 Å².